The molecule has 24 heavy (non-hydrogen) atoms. The molecule has 1 aromatic rings. The predicted molar refractivity (Wildman–Crippen MR) is 96.3 cm³/mol. The van der Waals surface area contributed by atoms with E-state index in [1.165, 1.54) is 5.69 Å². The summed E-state index contributed by atoms with van der Waals surface area (Å²) < 4.78 is 0. The average molecular weight is 333 g/mol. The van der Waals surface area contributed by atoms with Gasteiger partial charge >= 0.3 is 0 Å². The summed E-state index contributed by atoms with van der Waals surface area (Å²) in [5, 5.41) is 11.1. The molecule has 0 aromatic carbocycles. The lowest BCUT2D eigenvalue weighted by Crippen LogP contribution is -2.45. The average Bonchev–Trinajstić information content (AvgIpc) is 3.12. The minimum atomic E-state index is -0.262. The first kappa shape index (κ1) is 17.3. The van der Waals surface area contributed by atoms with E-state index in [1.807, 2.05) is 0 Å². The Labute approximate surface area is 145 Å². The monoisotopic (exact) mass is 333 g/mol. The van der Waals surface area contributed by atoms with Gasteiger partial charge in [-0.05, 0) is 19.3 Å². The van der Waals surface area contributed by atoms with Crippen molar-refractivity contribution in [3.63, 3.8) is 0 Å². The summed E-state index contributed by atoms with van der Waals surface area (Å²) in [7, 11) is 0. The highest BCUT2D eigenvalue weighted by Gasteiger charge is 2.34. The molecule has 2 fully saturated rings. The number of aromatic amines is 1. The van der Waals surface area contributed by atoms with E-state index in [9.17, 15) is 4.79 Å². The Morgan fingerprint density at radius 3 is 2.79 bits per heavy atom. The molecule has 2 aliphatic heterocycles. The standard InChI is InChI=1S/C18H31N5O/c1-4-18(2,3)17(24)23-9-5-6-14(13-23)15-12-16(21-20-15)22-10-7-19-8-11-22/h12,14,19H,4-11,13H2,1-3H3,(H,20,21). The van der Waals surface area contributed by atoms with E-state index in [1.54, 1.807) is 0 Å². The highest BCUT2D eigenvalue weighted by atomic mass is 16.2. The molecule has 2 aliphatic rings. The zero-order valence-electron chi connectivity index (χ0n) is 15.3. The smallest absolute Gasteiger partial charge is 0.228 e. The largest absolute Gasteiger partial charge is 0.353 e. The first-order chi connectivity index (χ1) is 11.5. The van der Waals surface area contributed by atoms with Crippen LogP contribution in [0.15, 0.2) is 6.07 Å². The zero-order valence-corrected chi connectivity index (χ0v) is 15.3. The molecule has 2 saturated heterocycles. The van der Waals surface area contributed by atoms with Crippen molar-refractivity contribution in [3.05, 3.63) is 11.8 Å². The fraction of sp³-hybridized carbons (Fsp3) is 0.778. The number of likely N-dealkylation sites (tertiary alicyclic amines) is 1. The van der Waals surface area contributed by atoms with Crippen molar-refractivity contribution >= 4 is 11.7 Å². The molecule has 6 nitrogen and oxygen atoms in total. The number of nitrogens with one attached hydrogen (secondary N) is 2. The van der Waals surface area contributed by atoms with Gasteiger partial charge < -0.3 is 15.1 Å². The van der Waals surface area contributed by atoms with Crippen LogP contribution in [0.2, 0.25) is 0 Å². The van der Waals surface area contributed by atoms with E-state index >= 15 is 0 Å². The molecule has 1 aromatic heterocycles. The Morgan fingerprint density at radius 2 is 2.08 bits per heavy atom. The molecule has 134 valence electrons. The van der Waals surface area contributed by atoms with Crippen LogP contribution >= 0.6 is 0 Å². The van der Waals surface area contributed by atoms with Crippen LogP contribution in [0.1, 0.15) is 51.6 Å². The number of rotatable bonds is 4. The van der Waals surface area contributed by atoms with E-state index in [-0.39, 0.29) is 11.3 Å². The molecule has 0 saturated carbocycles. The highest BCUT2D eigenvalue weighted by Crippen LogP contribution is 2.31. The molecule has 2 N–H and O–H groups in total. The second-order valence-electron chi connectivity index (χ2n) is 7.75. The summed E-state index contributed by atoms with van der Waals surface area (Å²) in [5.74, 6) is 1.71. The molecule has 1 atom stereocenters. The van der Waals surface area contributed by atoms with Crippen molar-refractivity contribution in [1.29, 1.82) is 0 Å². The second-order valence-corrected chi connectivity index (χ2v) is 7.75. The predicted octanol–water partition coefficient (Wildman–Crippen LogP) is 1.96. The SMILES string of the molecule is CCC(C)(C)C(=O)N1CCCC(c2cc(N3CCNCC3)n[nH]2)C1. The Hall–Kier alpha value is -1.56. The number of aromatic nitrogens is 2. The third kappa shape index (κ3) is 3.58. The van der Waals surface area contributed by atoms with E-state index in [2.05, 4.69) is 52.2 Å². The normalized spacial score (nSPS) is 22.7. The molecule has 3 rings (SSSR count). The number of anilines is 1. The highest BCUT2D eigenvalue weighted by molar-refractivity contribution is 5.82. The second kappa shape index (κ2) is 7.13. The summed E-state index contributed by atoms with van der Waals surface area (Å²) in [6, 6.07) is 2.19. The lowest BCUT2D eigenvalue weighted by atomic mass is 9.86. The van der Waals surface area contributed by atoms with Gasteiger partial charge in [0.05, 0.1) is 0 Å². The third-order valence-electron chi connectivity index (χ3n) is 5.64. The van der Waals surface area contributed by atoms with E-state index in [0.717, 1.165) is 64.3 Å². The Balaban J connectivity index is 1.66. The van der Waals surface area contributed by atoms with Crippen LogP contribution in [-0.2, 0) is 4.79 Å². The topological polar surface area (TPSA) is 64.3 Å². The van der Waals surface area contributed by atoms with Crippen molar-refractivity contribution in [2.45, 2.75) is 46.0 Å². The van der Waals surface area contributed by atoms with Gasteiger partial charge in [-0.3, -0.25) is 9.89 Å². The molecule has 1 amide bonds. The maximum Gasteiger partial charge on any atom is 0.228 e. The summed E-state index contributed by atoms with van der Waals surface area (Å²) in [6.45, 7) is 11.9. The maximum absolute atomic E-state index is 12.8. The fourth-order valence-corrected chi connectivity index (χ4v) is 3.59. The zero-order chi connectivity index (χ0) is 17.2. The maximum atomic E-state index is 12.8. The first-order valence-corrected chi connectivity index (χ1v) is 9.31. The van der Waals surface area contributed by atoms with Crippen LogP contribution in [0, 0.1) is 5.41 Å². The minimum Gasteiger partial charge on any atom is -0.353 e. The molecule has 0 aliphatic carbocycles. The van der Waals surface area contributed by atoms with Crippen molar-refractivity contribution < 1.29 is 4.79 Å². The molecule has 3 heterocycles. The van der Waals surface area contributed by atoms with Gasteiger partial charge in [-0.2, -0.15) is 5.10 Å². The van der Waals surface area contributed by atoms with E-state index < -0.39 is 0 Å². The molecule has 0 spiro atoms. The number of H-pyrrole nitrogens is 1. The van der Waals surface area contributed by atoms with Gasteiger partial charge in [-0.15, -0.1) is 0 Å². The van der Waals surface area contributed by atoms with Gasteiger partial charge in [0.25, 0.3) is 0 Å². The minimum absolute atomic E-state index is 0.262. The summed E-state index contributed by atoms with van der Waals surface area (Å²) in [4.78, 5) is 17.1. The summed E-state index contributed by atoms with van der Waals surface area (Å²) in [5.41, 5.74) is 0.914. The van der Waals surface area contributed by atoms with Crippen LogP contribution in [0.5, 0.6) is 0 Å². The molecule has 0 bridgehead atoms. The van der Waals surface area contributed by atoms with Crippen LogP contribution in [-0.4, -0.2) is 60.3 Å². The van der Waals surface area contributed by atoms with Crippen LogP contribution in [0.3, 0.4) is 0 Å². The van der Waals surface area contributed by atoms with E-state index in [0.29, 0.717) is 5.92 Å². The van der Waals surface area contributed by atoms with Gasteiger partial charge in [0.15, 0.2) is 5.82 Å². The Kier molecular flexibility index (Phi) is 5.13. The van der Waals surface area contributed by atoms with Crippen molar-refractivity contribution in [2.24, 2.45) is 5.41 Å². The van der Waals surface area contributed by atoms with Gasteiger partial charge in [0.2, 0.25) is 5.91 Å². The summed E-state index contributed by atoms with van der Waals surface area (Å²) >= 11 is 0. The lowest BCUT2D eigenvalue weighted by Gasteiger charge is -2.37. The fourth-order valence-electron chi connectivity index (χ4n) is 3.59. The van der Waals surface area contributed by atoms with Gasteiger partial charge in [0.1, 0.15) is 0 Å². The van der Waals surface area contributed by atoms with Crippen molar-refractivity contribution in [2.75, 3.05) is 44.2 Å². The number of carbonyl (C=O) groups excluding carboxylic acids is 1. The van der Waals surface area contributed by atoms with Gasteiger partial charge in [-0.25, -0.2) is 0 Å². The molecular weight excluding hydrogens is 302 g/mol. The van der Waals surface area contributed by atoms with Crippen LogP contribution < -0.4 is 10.2 Å². The summed E-state index contributed by atoms with van der Waals surface area (Å²) in [6.07, 6.45) is 3.07. The number of nitrogens with zero attached hydrogens (tertiary/aromatic N) is 3. The first-order valence-electron chi connectivity index (χ1n) is 9.31. The quantitative estimate of drug-likeness (QED) is 0.884. The van der Waals surface area contributed by atoms with E-state index in [4.69, 9.17) is 0 Å². The number of carbonyl (C=O) groups is 1. The van der Waals surface area contributed by atoms with Crippen LogP contribution in [0.25, 0.3) is 0 Å². The number of piperazine rings is 1. The number of hydrogen-bond donors (Lipinski definition) is 2. The number of piperidine rings is 1. The Bertz CT molecular complexity index is 562. The lowest BCUT2D eigenvalue weighted by molar-refractivity contribution is -0.141. The van der Waals surface area contributed by atoms with Gasteiger partial charge in [0, 0.05) is 62.4 Å². The Morgan fingerprint density at radius 1 is 1.33 bits per heavy atom. The number of amides is 1. The molecule has 6 heteroatoms. The molecule has 0 radical (unpaired) electrons. The van der Waals surface area contributed by atoms with Crippen LogP contribution in [0.4, 0.5) is 5.82 Å². The molecule has 1 unspecified atom stereocenters. The van der Waals surface area contributed by atoms with Gasteiger partial charge in [-0.1, -0.05) is 20.8 Å². The molecular formula is C18H31N5O. The number of hydrogen-bond acceptors (Lipinski definition) is 4. The third-order valence-corrected chi connectivity index (χ3v) is 5.64. The van der Waals surface area contributed by atoms with Crippen molar-refractivity contribution in [3.8, 4) is 0 Å². The van der Waals surface area contributed by atoms with Crippen molar-refractivity contribution in [1.82, 2.24) is 20.4 Å².